The molecule has 2 heterocycles. The third-order valence-electron chi connectivity index (χ3n) is 3.10. The summed E-state index contributed by atoms with van der Waals surface area (Å²) in [7, 11) is 10.5. The molecule has 2 fully saturated rings. The highest BCUT2D eigenvalue weighted by Gasteiger charge is 2.66. The maximum absolute atomic E-state index is 5.82. The molecule has 2 saturated heterocycles. The molecule has 0 spiro atoms. The fourth-order valence-corrected chi connectivity index (χ4v) is 2.49. The molecule has 2 aliphatic heterocycles. The van der Waals surface area contributed by atoms with Crippen LogP contribution in [0.2, 0.25) is 0 Å². The van der Waals surface area contributed by atoms with Gasteiger partial charge in [-0.1, -0.05) is 0 Å². The van der Waals surface area contributed by atoms with Crippen molar-refractivity contribution in [3.05, 3.63) is 0 Å². The topological polar surface area (TPSA) is 55.4 Å². The van der Waals surface area contributed by atoms with Gasteiger partial charge in [-0.2, -0.15) is 0 Å². The van der Waals surface area contributed by atoms with Crippen LogP contribution in [-0.2, 0) is 28.4 Å². The van der Waals surface area contributed by atoms with Crippen LogP contribution in [-0.4, -0.2) is 72.7 Å². The predicted octanol–water partition coefficient (Wildman–Crippen LogP) is -0.743. The van der Waals surface area contributed by atoms with Gasteiger partial charge in [0.25, 0.3) is 0 Å². The second-order valence-corrected chi connectivity index (χ2v) is 4.13. The van der Waals surface area contributed by atoms with E-state index in [0.29, 0.717) is 0 Å². The van der Waals surface area contributed by atoms with Crippen molar-refractivity contribution in [3.8, 4) is 0 Å². The number of hydrogen-bond acceptors (Lipinski definition) is 6. The quantitative estimate of drug-likeness (QED) is 0.453. The number of ether oxygens (including phenoxy) is 6. The zero-order valence-electron chi connectivity index (χ0n) is 10.3. The molecule has 0 amide bonds. The summed E-state index contributed by atoms with van der Waals surface area (Å²) in [5.41, 5.74) is -0.827. The van der Waals surface area contributed by atoms with E-state index in [9.17, 15) is 0 Å². The number of rotatable bonds is 6. The van der Waals surface area contributed by atoms with Crippen LogP contribution in [0.15, 0.2) is 0 Å². The first-order valence-corrected chi connectivity index (χ1v) is 5.40. The van der Waals surface area contributed by atoms with Gasteiger partial charge in [-0.3, -0.25) is 0 Å². The van der Waals surface area contributed by atoms with E-state index in [1.54, 1.807) is 14.2 Å². The lowest BCUT2D eigenvalue weighted by Crippen LogP contribution is -2.53. The van der Waals surface area contributed by atoms with Gasteiger partial charge in [0, 0.05) is 27.3 Å². The molecular formula is C10H17BO6. The molecule has 0 aromatic carbocycles. The monoisotopic (exact) mass is 244 g/mol. The van der Waals surface area contributed by atoms with Crippen molar-refractivity contribution in [2.45, 2.75) is 30.1 Å². The van der Waals surface area contributed by atoms with E-state index in [1.165, 1.54) is 7.11 Å². The summed E-state index contributed by atoms with van der Waals surface area (Å²) in [6.07, 6.45) is -1.26. The summed E-state index contributed by atoms with van der Waals surface area (Å²) in [6, 6.07) is -0.530. The minimum Gasteiger partial charge on any atom is -0.381 e. The minimum absolute atomic E-state index is 0.109. The second-order valence-electron chi connectivity index (χ2n) is 4.13. The van der Waals surface area contributed by atoms with Gasteiger partial charge in [0.2, 0.25) is 0 Å². The van der Waals surface area contributed by atoms with Gasteiger partial charge < -0.3 is 28.4 Å². The maximum atomic E-state index is 5.82. The molecule has 96 valence electrons. The van der Waals surface area contributed by atoms with Gasteiger partial charge in [0.05, 0.1) is 6.61 Å². The van der Waals surface area contributed by atoms with Crippen LogP contribution < -0.4 is 0 Å². The molecule has 0 N–H and O–H groups in total. The number of fused-ring (bicyclic) bond motifs is 2. The average molecular weight is 244 g/mol. The van der Waals surface area contributed by atoms with E-state index in [1.807, 2.05) is 0 Å². The smallest absolute Gasteiger partial charge is 0.194 e. The SMILES string of the molecule is [B]C1O[C@@]2(COC)C(OCOC)OC1C2OC. The lowest BCUT2D eigenvalue weighted by molar-refractivity contribution is -0.291. The molecule has 2 radical (unpaired) electrons. The zero-order chi connectivity index (χ0) is 12.5. The molecule has 2 aliphatic rings. The van der Waals surface area contributed by atoms with Crippen molar-refractivity contribution >= 4 is 7.85 Å². The summed E-state index contributed by atoms with van der Waals surface area (Å²) in [6.45, 7) is 0.391. The number of hydrogen-bond donors (Lipinski definition) is 0. The van der Waals surface area contributed by atoms with E-state index in [-0.39, 0.29) is 25.6 Å². The average Bonchev–Trinajstić information content (AvgIpc) is 2.74. The first kappa shape index (κ1) is 13.3. The zero-order valence-corrected chi connectivity index (χ0v) is 10.3. The lowest BCUT2D eigenvalue weighted by Gasteiger charge is -2.36. The van der Waals surface area contributed by atoms with Crippen molar-refractivity contribution in [1.82, 2.24) is 0 Å². The molecule has 0 aromatic rings. The molecular weight excluding hydrogens is 227 g/mol. The maximum Gasteiger partial charge on any atom is 0.194 e. The Morgan fingerprint density at radius 1 is 1.24 bits per heavy atom. The van der Waals surface area contributed by atoms with Crippen molar-refractivity contribution in [3.63, 3.8) is 0 Å². The molecule has 7 heteroatoms. The fourth-order valence-electron chi connectivity index (χ4n) is 2.49. The lowest BCUT2D eigenvalue weighted by atomic mass is 9.91. The van der Waals surface area contributed by atoms with Crippen molar-refractivity contribution < 1.29 is 28.4 Å². The van der Waals surface area contributed by atoms with Crippen LogP contribution in [0.3, 0.4) is 0 Å². The Morgan fingerprint density at radius 2 is 2.00 bits per heavy atom. The summed E-state index contributed by atoms with van der Waals surface area (Å²) < 4.78 is 32.3. The molecule has 5 atom stereocenters. The summed E-state index contributed by atoms with van der Waals surface area (Å²) >= 11 is 0. The van der Waals surface area contributed by atoms with Gasteiger partial charge >= 0.3 is 0 Å². The first-order chi connectivity index (χ1) is 8.19. The first-order valence-electron chi connectivity index (χ1n) is 5.40. The third-order valence-corrected chi connectivity index (χ3v) is 3.10. The Kier molecular flexibility index (Phi) is 4.07. The predicted molar refractivity (Wildman–Crippen MR) is 57.7 cm³/mol. The Morgan fingerprint density at radius 3 is 2.59 bits per heavy atom. The van der Waals surface area contributed by atoms with Crippen LogP contribution in [0.4, 0.5) is 0 Å². The van der Waals surface area contributed by atoms with Gasteiger partial charge in [0.15, 0.2) is 11.9 Å². The molecule has 6 nitrogen and oxygen atoms in total. The van der Waals surface area contributed by atoms with Gasteiger partial charge in [-0.25, -0.2) is 0 Å². The van der Waals surface area contributed by atoms with Crippen LogP contribution in [0.1, 0.15) is 0 Å². The summed E-state index contributed by atoms with van der Waals surface area (Å²) in [5, 5.41) is 0. The van der Waals surface area contributed by atoms with E-state index in [2.05, 4.69) is 0 Å². The highest BCUT2D eigenvalue weighted by molar-refractivity contribution is 6.11. The second kappa shape index (κ2) is 5.21. The van der Waals surface area contributed by atoms with Crippen molar-refractivity contribution in [2.24, 2.45) is 0 Å². The largest absolute Gasteiger partial charge is 0.381 e. The Bertz CT molecular complexity index is 265. The van der Waals surface area contributed by atoms with Crippen LogP contribution in [0, 0.1) is 0 Å². The van der Waals surface area contributed by atoms with E-state index in [0.717, 1.165) is 0 Å². The van der Waals surface area contributed by atoms with Gasteiger partial charge in [0.1, 0.15) is 26.8 Å². The normalized spacial score (nSPS) is 44.4. The van der Waals surface area contributed by atoms with Crippen LogP contribution >= 0.6 is 0 Å². The van der Waals surface area contributed by atoms with Crippen LogP contribution in [0.5, 0.6) is 0 Å². The van der Waals surface area contributed by atoms with Gasteiger partial charge in [-0.15, -0.1) is 0 Å². The van der Waals surface area contributed by atoms with E-state index >= 15 is 0 Å². The number of methoxy groups -OCH3 is 3. The minimum atomic E-state index is -0.827. The fraction of sp³-hybridized carbons (Fsp3) is 1.00. The van der Waals surface area contributed by atoms with Crippen molar-refractivity contribution in [2.75, 3.05) is 34.7 Å². The molecule has 17 heavy (non-hydrogen) atoms. The standard InChI is InChI=1S/C10H17BO6/c1-12-4-10-7(14-3)6(8(11)17-10)16-9(10)15-5-13-2/h6-9H,4-5H2,1-3H3/t6?,7?,8?,9?,10-/m1/s1. The molecule has 0 aromatic heterocycles. The Balaban J connectivity index is 2.15. The van der Waals surface area contributed by atoms with E-state index in [4.69, 9.17) is 36.3 Å². The third kappa shape index (κ3) is 2.01. The summed E-state index contributed by atoms with van der Waals surface area (Å²) in [5.74, 6) is 0. The molecule has 0 aliphatic carbocycles. The van der Waals surface area contributed by atoms with Gasteiger partial charge in [-0.05, 0) is 0 Å². The molecule has 2 rings (SSSR count). The Hall–Kier alpha value is -0.175. The molecule has 2 bridgehead atoms. The van der Waals surface area contributed by atoms with Crippen molar-refractivity contribution in [1.29, 1.82) is 0 Å². The Labute approximate surface area is 102 Å². The van der Waals surface area contributed by atoms with Crippen LogP contribution in [0.25, 0.3) is 0 Å². The highest BCUT2D eigenvalue weighted by Crippen LogP contribution is 2.45. The van der Waals surface area contributed by atoms with E-state index < -0.39 is 17.9 Å². The highest BCUT2D eigenvalue weighted by atomic mass is 16.8. The molecule has 4 unspecified atom stereocenters. The summed E-state index contributed by atoms with van der Waals surface area (Å²) in [4.78, 5) is 0. The molecule has 0 saturated carbocycles.